The predicted octanol–water partition coefficient (Wildman–Crippen LogP) is 4.20. The Bertz CT molecular complexity index is 802. The number of carbonyl (C=O) groups is 1. The zero-order valence-corrected chi connectivity index (χ0v) is 14.1. The molecule has 0 unspecified atom stereocenters. The van der Waals surface area contributed by atoms with Crippen LogP contribution in [-0.4, -0.2) is 15.5 Å². The van der Waals surface area contributed by atoms with Crippen LogP contribution in [0.25, 0.3) is 11.3 Å². The average Bonchev–Trinajstić information content (AvgIpc) is 3.00. The Balaban J connectivity index is 1.86. The second-order valence-electron chi connectivity index (χ2n) is 4.42. The first kappa shape index (κ1) is 15.0. The number of benzene rings is 2. The van der Waals surface area contributed by atoms with Crippen LogP contribution in [0.5, 0.6) is 0 Å². The summed E-state index contributed by atoms with van der Waals surface area (Å²) in [6, 6.07) is 13.3. The number of anilines is 1. The van der Waals surface area contributed by atoms with Crippen LogP contribution in [-0.2, 0) is 0 Å². The van der Waals surface area contributed by atoms with Crippen molar-refractivity contribution in [2.45, 2.75) is 0 Å². The Morgan fingerprint density at radius 2 is 1.77 bits per heavy atom. The minimum absolute atomic E-state index is 0.282. The lowest BCUT2D eigenvalue weighted by Gasteiger charge is -2.05. The number of nitrogens with zero attached hydrogens (tertiary/aromatic N) is 2. The van der Waals surface area contributed by atoms with Crippen LogP contribution < -0.4 is 5.32 Å². The quantitative estimate of drug-likeness (QED) is 0.641. The van der Waals surface area contributed by atoms with Gasteiger partial charge < -0.3 is 5.32 Å². The van der Waals surface area contributed by atoms with Crippen molar-refractivity contribution in [1.29, 1.82) is 0 Å². The Hall–Kier alpha value is -1.87. The number of halogens is 2. The molecule has 4 nitrogen and oxygen atoms in total. The molecule has 7 heteroatoms. The second-order valence-corrected chi connectivity index (χ2v) is 6.42. The predicted molar refractivity (Wildman–Crippen MR) is 92.4 cm³/mol. The van der Waals surface area contributed by atoms with Crippen molar-refractivity contribution >= 4 is 45.7 Å². The molecule has 0 bridgehead atoms. The van der Waals surface area contributed by atoms with Gasteiger partial charge in [0.2, 0.25) is 0 Å². The van der Waals surface area contributed by atoms with Crippen LogP contribution >= 0.6 is 34.1 Å². The first-order valence-corrected chi connectivity index (χ1v) is 8.14. The Morgan fingerprint density at radius 1 is 1.09 bits per heavy atom. The molecule has 1 aromatic heterocycles. The van der Waals surface area contributed by atoms with Crippen LogP contribution in [0.3, 0.4) is 0 Å². The maximum atomic E-state index is 13.0. The molecule has 1 N–H and O–H groups in total. The fourth-order valence-electron chi connectivity index (χ4n) is 1.86. The molecule has 3 rings (SSSR count). The molecule has 0 spiro atoms. The zero-order chi connectivity index (χ0) is 15.5. The van der Waals surface area contributed by atoms with Gasteiger partial charge in [0.05, 0.1) is 0 Å². The minimum atomic E-state index is -0.336. The van der Waals surface area contributed by atoms with E-state index in [-0.39, 0.29) is 11.7 Å². The van der Waals surface area contributed by atoms with E-state index in [1.54, 1.807) is 12.1 Å². The molecule has 0 aliphatic carbocycles. The highest BCUT2D eigenvalue weighted by atomic mass is 127. The van der Waals surface area contributed by atoms with Crippen molar-refractivity contribution < 1.29 is 9.18 Å². The molecule has 0 atom stereocenters. The van der Waals surface area contributed by atoms with Gasteiger partial charge in [0.1, 0.15) is 16.4 Å². The zero-order valence-electron chi connectivity index (χ0n) is 11.1. The summed E-state index contributed by atoms with van der Waals surface area (Å²) in [5.74, 6) is -0.618. The molecular weight excluding hydrogens is 416 g/mol. The first-order valence-electron chi connectivity index (χ1n) is 6.29. The molecular formula is C15H9FIN3OS. The topological polar surface area (TPSA) is 54.9 Å². The van der Waals surface area contributed by atoms with Gasteiger partial charge in [0, 0.05) is 14.8 Å². The SMILES string of the molecule is O=C(Nc1ccc(I)cc1)c1snnc1-c1ccc(F)cc1. The standard InChI is InChI=1S/C15H9FIN3OS/c16-10-3-1-9(2-4-10)13-14(22-20-19-13)15(21)18-12-7-5-11(17)6-8-12/h1-8H,(H,18,21). The number of hydrogen-bond donors (Lipinski definition) is 1. The van der Waals surface area contributed by atoms with E-state index in [2.05, 4.69) is 37.5 Å². The molecule has 0 aliphatic rings. The third-order valence-corrected chi connectivity index (χ3v) is 4.36. The van der Waals surface area contributed by atoms with E-state index in [1.807, 2.05) is 24.3 Å². The van der Waals surface area contributed by atoms with Gasteiger partial charge in [-0.3, -0.25) is 4.79 Å². The van der Waals surface area contributed by atoms with Crippen LogP contribution in [0, 0.1) is 9.39 Å². The van der Waals surface area contributed by atoms with Gasteiger partial charge in [-0.2, -0.15) is 0 Å². The molecule has 3 aromatic rings. The fourth-order valence-corrected chi connectivity index (χ4v) is 2.80. The van der Waals surface area contributed by atoms with Gasteiger partial charge in [0.15, 0.2) is 0 Å². The molecule has 0 saturated heterocycles. The van der Waals surface area contributed by atoms with Gasteiger partial charge in [-0.25, -0.2) is 4.39 Å². The number of carbonyl (C=O) groups excluding carboxylic acids is 1. The summed E-state index contributed by atoms with van der Waals surface area (Å²) < 4.78 is 17.9. The summed E-state index contributed by atoms with van der Waals surface area (Å²) in [6.45, 7) is 0. The molecule has 1 heterocycles. The molecule has 1 amide bonds. The van der Waals surface area contributed by atoms with Crippen molar-refractivity contribution in [3.63, 3.8) is 0 Å². The van der Waals surface area contributed by atoms with Crippen molar-refractivity contribution in [1.82, 2.24) is 9.59 Å². The van der Waals surface area contributed by atoms with Crippen LogP contribution in [0.15, 0.2) is 48.5 Å². The van der Waals surface area contributed by atoms with E-state index in [4.69, 9.17) is 0 Å². The summed E-state index contributed by atoms with van der Waals surface area (Å²) >= 11 is 3.21. The minimum Gasteiger partial charge on any atom is -0.321 e. The van der Waals surface area contributed by atoms with Gasteiger partial charge in [-0.15, -0.1) is 5.10 Å². The molecule has 2 aromatic carbocycles. The lowest BCUT2D eigenvalue weighted by atomic mass is 10.1. The number of amides is 1. The van der Waals surface area contributed by atoms with Crippen molar-refractivity contribution in [2.75, 3.05) is 5.32 Å². The first-order chi connectivity index (χ1) is 10.6. The molecule has 0 fully saturated rings. The largest absolute Gasteiger partial charge is 0.321 e. The summed E-state index contributed by atoms with van der Waals surface area (Å²) in [5, 5.41) is 6.78. The fraction of sp³-hybridized carbons (Fsp3) is 0. The third kappa shape index (κ3) is 3.30. The number of hydrogen-bond acceptors (Lipinski definition) is 4. The van der Waals surface area contributed by atoms with Gasteiger partial charge in [0.25, 0.3) is 5.91 Å². The van der Waals surface area contributed by atoms with Crippen molar-refractivity contribution in [3.05, 3.63) is 62.8 Å². The second kappa shape index (κ2) is 6.49. The van der Waals surface area contributed by atoms with E-state index in [9.17, 15) is 9.18 Å². The summed E-state index contributed by atoms with van der Waals surface area (Å²) in [6.07, 6.45) is 0. The van der Waals surface area contributed by atoms with Gasteiger partial charge >= 0.3 is 0 Å². The highest BCUT2D eigenvalue weighted by Crippen LogP contribution is 2.25. The normalized spacial score (nSPS) is 10.5. The van der Waals surface area contributed by atoms with E-state index < -0.39 is 0 Å². The highest BCUT2D eigenvalue weighted by molar-refractivity contribution is 14.1. The average molecular weight is 425 g/mol. The molecule has 22 heavy (non-hydrogen) atoms. The van der Waals surface area contributed by atoms with Crippen LogP contribution in [0.1, 0.15) is 9.67 Å². The van der Waals surface area contributed by atoms with Crippen LogP contribution in [0.4, 0.5) is 10.1 Å². The van der Waals surface area contributed by atoms with E-state index in [0.29, 0.717) is 21.8 Å². The summed E-state index contributed by atoms with van der Waals surface area (Å²) in [4.78, 5) is 12.8. The van der Waals surface area contributed by atoms with E-state index in [1.165, 1.54) is 12.1 Å². The van der Waals surface area contributed by atoms with Crippen molar-refractivity contribution in [2.24, 2.45) is 0 Å². The summed E-state index contributed by atoms with van der Waals surface area (Å²) in [7, 11) is 0. The number of aromatic nitrogens is 2. The molecule has 0 aliphatic heterocycles. The van der Waals surface area contributed by atoms with Gasteiger partial charge in [-0.05, 0) is 82.7 Å². The Kier molecular flexibility index (Phi) is 4.44. The lowest BCUT2D eigenvalue weighted by molar-refractivity contribution is 0.103. The maximum absolute atomic E-state index is 13.0. The Morgan fingerprint density at radius 3 is 2.45 bits per heavy atom. The number of rotatable bonds is 3. The Labute approximate surface area is 143 Å². The van der Waals surface area contributed by atoms with Crippen molar-refractivity contribution in [3.8, 4) is 11.3 Å². The molecule has 110 valence electrons. The lowest BCUT2D eigenvalue weighted by Crippen LogP contribution is -2.11. The third-order valence-electron chi connectivity index (χ3n) is 2.91. The maximum Gasteiger partial charge on any atom is 0.269 e. The summed E-state index contributed by atoms with van der Waals surface area (Å²) in [5.41, 5.74) is 1.81. The molecule has 0 saturated carbocycles. The number of nitrogens with one attached hydrogen (secondary N) is 1. The van der Waals surface area contributed by atoms with Gasteiger partial charge in [-0.1, -0.05) is 4.49 Å². The molecule has 0 radical (unpaired) electrons. The van der Waals surface area contributed by atoms with E-state index in [0.717, 1.165) is 15.1 Å². The van der Waals surface area contributed by atoms with Crippen LogP contribution in [0.2, 0.25) is 0 Å². The van der Waals surface area contributed by atoms with E-state index >= 15 is 0 Å². The highest BCUT2D eigenvalue weighted by Gasteiger charge is 2.18. The smallest absolute Gasteiger partial charge is 0.269 e. The monoisotopic (exact) mass is 425 g/mol.